The lowest BCUT2D eigenvalue weighted by Crippen LogP contribution is -2.44. The molecule has 1 aliphatic heterocycles. The highest BCUT2D eigenvalue weighted by atomic mass is 35.5. The molecule has 1 saturated heterocycles. The lowest BCUT2D eigenvalue weighted by Gasteiger charge is -2.27. The van der Waals surface area contributed by atoms with E-state index in [1.807, 2.05) is 42.1 Å². The summed E-state index contributed by atoms with van der Waals surface area (Å²) >= 11 is 6.35. The summed E-state index contributed by atoms with van der Waals surface area (Å²) < 4.78 is 7.21. The summed E-state index contributed by atoms with van der Waals surface area (Å²) in [7, 11) is 1.90. The van der Waals surface area contributed by atoms with Gasteiger partial charge in [-0.1, -0.05) is 29.8 Å². The van der Waals surface area contributed by atoms with Gasteiger partial charge in [-0.3, -0.25) is 9.69 Å². The number of imidazole rings is 1. The van der Waals surface area contributed by atoms with Crippen LogP contribution in [0.1, 0.15) is 17.4 Å². The van der Waals surface area contributed by atoms with E-state index in [4.69, 9.17) is 16.3 Å². The minimum Gasteiger partial charge on any atom is -0.379 e. The van der Waals surface area contributed by atoms with Crippen LogP contribution in [0.25, 0.3) is 0 Å². The van der Waals surface area contributed by atoms with E-state index in [9.17, 15) is 4.79 Å². The highest BCUT2D eigenvalue weighted by Gasteiger charge is 2.24. The summed E-state index contributed by atoms with van der Waals surface area (Å²) in [5, 5.41) is 3.68. The summed E-state index contributed by atoms with van der Waals surface area (Å²) in [4.78, 5) is 19.0. The van der Waals surface area contributed by atoms with E-state index in [0.717, 1.165) is 24.5 Å². The molecule has 0 bridgehead atoms. The largest absolute Gasteiger partial charge is 0.379 e. The van der Waals surface area contributed by atoms with Crippen LogP contribution in [0, 0.1) is 0 Å². The van der Waals surface area contributed by atoms with Gasteiger partial charge in [0, 0.05) is 43.1 Å². The number of nitrogens with zero attached hydrogens (tertiary/aromatic N) is 3. The third kappa shape index (κ3) is 3.95. The van der Waals surface area contributed by atoms with Crippen molar-refractivity contribution < 1.29 is 9.53 Å². The second-order valence-electron chi connectivity index (χ2n) is 5.81. The Morgan fingerprint density at radius 1 is 1.38 bits per heavy atom. The lowest BCUT2D eigenvalue weighted by molar-refractivity contribution is -0.123. The van der Waals surface area contributed by atoms with Crippen molar-refractivity contribution in [3.05, 3.63) is 53.1 Å². The molecule has 3 rings (SSSR count). The molecule has 2 heterocycles. The van der Waals surface area contributed by atoms with Gasteiger partial charge < -0.3 is 14.6 Å². The predicted molar refractivity (Wildman–Crippen MR) is 91.9 cm³/mol. The summed E-state index contributed by atoms with van der Waals surface area (Å²) in [6, 6.07) is 7.13. The molecule has 0 radical (unpaired) electrons. The fourth-order valence-electron chi connectivity index (χ4n) is 2.81. The maximum Gasteiger partial charge on any atom is 0.235 e. The third-order valence-corrected chi connectivity index (χ3v) is 4.45. The third-order valence-electron chi connectivity index (χ3n) is 4.11. The van der Waals surface area contributed by atoms with Crippen LogP contribution < -0.4 is 5.32 Å². The summed E-state index contributed by atoms with van der Waals surface area (Å²) in [6.45, 7) is 3.22. The fraction of sp³-hybridized carbons (Fsp3) is 0.412. The summed E-state index contributed by atoms with van der Waals surface area (Å²) in [5.74, 6) is 0.697. The number of aromatic nitrogens is 2. The predicted octanol–water partition coefficient (Wildman–Crippen LogP) is 1.61. The van der Waals surface area contributed by atoms with Crippen molar-refractivity contribution in [3.8, 4) is 0 Å². The molecule has 0 spiro atoms. The number of amides is 1. The van der Waals surface area contributed by atoms with Crippen LogP contribution in [0.3, 0.4) is 0 Å². The van der Waals surface area contributed by atoms with Crippen molar-refractivity contribution in [2.45, 2.75) is 6.04 Å². The molecule has 1 aromatic carbocycles. The molecule has 1 amide bonds. The second kappa shape index (κ2) is 7.79. The molecule has 2 aromatic rings. The molecule has 24 heavy (non-hydrogen) atoms. The van der Waals surface area contributed by atoms with Crippen molar-refractivity contribution in [1.29, 1.82) is 0 Å². The van der Waals surface area contributed by atoms with Crippen LogP contribution in [0.2, 0.25) is 5.02 Å². The number of hydrogen-bond acceptors (Lipinski definition) is 4. The maximum absolute atomic E-state index is 12.5. The van der Waals surface area contributed by atoms with Crippen molar-refractivity contribution in [2.75, 3.05) is 32.8 Å². The Morgan fingerprint density at radius 2 is 2.12 bits per heavy atom. The zero-order valence-corrected chi connectivity index (χ0v) is 14.4. The molecule has 7 heteroatoms. The topological polar surface area (TPSA) is 59.4 Å². The molecular weight excluding hydrogens is 328 g/mol. The van der Waals surface area contributed by atoms with Gasteiger partial charge in [0.1, 0.15) is 11.9 Å². The average Bonchev–Trinajstić information content (AvgIpc) is 3.00. The quantitative estimate of drug-likeness (QED) is 0.892. The van der Waals surface area contributed by atoms with Gasteiger partial charge in [0.25, 0.3) is 0 Å². The number of morpholine rings is 1. The van der Waals surface area contributed by atoms with Gasteiger partial charge >= 0.3 is 0 Å². The standard InChI is InChI=1S/C17H21ClN4O2/c1-21-7-6-19-17(21)16(13-4-2-3-5-14(13)18)20-15(23)12-22-8-10-24-11-9-22/h2-7,16H,8-12H2,1H3,(H,20,23). The first-order chi connectivity index (χ1) is 11.6. The van der Waals surface area contributed by atoms with Gasteiger partial charge in [-0.2, -0.15) is 0 Å². The van der Waals surface area contributed by atoms with E-state index in [1.54, 1.807) is 6.20 Å². The normalized spacial score (nSPS) is 16.8. The molecule has 128 valence electrons. The van der Waals surface area contributed by atoms with E-state index < -0.39 is 0 Å². The number of aryl methyl sites for hydroxylation is 1. The molecule has 0 saturated carbocycles. The maximum atomic E-state index is 12.5. The first-order valence-electron chi connectivity index (χ1n) is 7.96. The molecule has 1 aromatic heterocycles. The van der Waals surface area contributed by atoms with Crippen LogP contribution in [0.5, 0.6) is 0 Å². The monoisotopic (exact) mass is 348 g/mol. The lowest BCUT2D eigenvalue weighted by atomic mass is 10.1. The zero-order chi connectivity index (χ0) is 16.9. The Labute approximate surface area is 146 Å². The second-order valence-corrected chi connectivity index (χ2v) is 6.21. The highest BCUT2D eigenvalue weighted by molar-refractivity contribution is 6.31. The smallest absolute Gasteiger partial charge is 0.235 e. The summed E-state index contributed by atoms with van der Waals surface area (Å²) in [5.41, 5.74) is 0.837. The van der Waals surface area contributed by atoms with E-state index in [-0.39, 0.29) is 11.9 Å². The molecule has 1 unspecified atom stereocenters. The van der Waals surface area contributed by atoms with Crippen LogP contribution in [-0.4, -0.2) is 53.2 Å². The fourth-order valence-corrected chi connectivity index (χ4v) is 3.06. The minimum absolute atomic E-state index is 0.0511. The first kappa shape index (κ1) is 17.0. The van der Waals surface area contributed by atoms with Gasteiger partial charge in [0.2, 0.25) is 5.91 Å². The van der Waals surface area contributed by atoms with E-state index in [1.165, 1.54) is 0 Å². The van der Waals surface area contributed by atoms with Crippen LogP contribution in [0.15, 0.2) is 36.7 Å². The summed E-state index contributed by atoms with van der Waals surface area (Å²) in [6.07, 6.45) is 3.57. The van der Waals surface area contributed by atoms with Crippen molar-refractivity contribution >= 4 is 17.5 Å². The number of carbonyl (C=O) groups excluding carboxylic acids is 1. The molecule has 1 atom stereocenters. The number of hydrogen-bond donors (Lipinski definition) is 1. The molecule has 1 aliphatic rings. The Morgan fingerprint density at radius 3 is 2.79 bits per heavy atom. The van der Waals surface area contributed by atoms with E-state index in [0.29, 0.717) is 24.8 Å². The average molecular weight is 349 g/mol. The Hall–Kier alpha value is -1.89. The van der Waals surface area contributed by atoms with Crippen LogP contribution in [-0.2, 0) is 16.6 Å². The molecule has 6 nitrogen and oxygen atoms in total. The van der Waals surface area contributed by atoms with Crippen molar-refractivity contribution in [1.82, 2.24) is 19.8 Å². The van der Waals surface area contributed by atoms with Gasteiger partial charge in [-0.15, -0.1) is 0 Å². The van der Waals surface area contributed by atoms with E-state index in [2.05, 4.69) is 15.2 Å². The number of halogens is 1. The number of ether oxygens (including phenoxy) is 1. The molecule has 1 fully saturated rings. The first-order valence-corrected chi connectivity index (χ1v) is 8.34. The minimum atomic E-state index is -0.382. The molecule has 0 aliphatic carbocycles. The SMILES string of the molecule is Cn1ccnc1C(NC(=O)CN1CCOCC1)c1ccccc1Cl. The highest BCUT2D eigenvalue weighted by Crippen LogP contribution is 2.27. The Balaban J connectivity index is 1.79. The van der Waals surface area contributed by atoms with Gasteiger partial charge in [0.15, 0.2) is 0 Å². The number of rotatable bonds is 5. The Bertz CT molecular complexity index is 697. The van der Waals surface area contributed by atoms with Gasteiger partial charge in [-0.05, 0) is 6.07 Å². The number of benzene rings is 1. The molecular formula is C17H21ClN4O2. The van der Waals surface area contributed by atoms with Crippen molar-refractivity contribution in [3.63, 3.8) is 0 Å². The van der Waals surface area contributed by atoms with Crippen LogP contribution >= 0.6 is 11.6 Å². The Kier molecular flexibility index (Phi) is 5.50. The van der Waals surface area contributed by atoms with E-state index >= 15 is 0 Å². The molecule has 1 N–H and O–H groups in total. The van der Waals surface area contributed by atoms with Gasteiger partial charge in [-0.25, -0.2) is 4.98 Å². The zero-order valence-electron chi connectivity index (χ0n) is 13.6. The van der Waals surface area contributed by atoms with Gasteiger partial charge in [0.05, 0.1) is 19.8 Å². The van der Waals surface area contributed by atoms with Crippen molar-refractivity contribution in [2.24, 2.45) is 7.05 Å². The van der Waals surface area contributed by atoms with Crippen LogP contribution in [0.4, 0.5) is 0 Å². The number of nitrogens with one attached hydrogen (secondary N) is 1. The number of carbonyl (C=O) groups is 1.